The Labute approximate surface area is 162 Å². The third kappa shape index (κ3) is 3.48. The van der Waals surface area contributed by atoms with Crippen molar-refractivity contribution in [1.82, 2.24) is 14.8 Å². The first-order chi connectivity index (χ1) is 12.7. The first-order valence-corrected chi connectivity index (χ1v) is 9.90. The first-order valence-electron chi connectivity index (χ1n) is 8.54. The summed E-state index contributed by atoms with van der Waals surface area (Å²) in [6.07, 6.45) is 0. The van der Waals surface area contributed by atoms with Gasteiger partial charge in [-0.25, -0.2) is 0 Å². The summed E-state index contributed by atoms with van der Waals surface area (Å²) in [5.41, 5.74) is 2.31. The molecule has 0 aliphatic carbocycles. The molecule has 0 atom stereocenters. The summed E-state index contributed by atoms with van der Waals surface area (Å²) in [6.45, 7) is 2.94. The second-order valence-electron chi connectivity index (χ2n) is 6.03. The summed E-state index contributed by atoms with van der Waals surface area (Å²) in [4.78, 5) is 0. The van der Waals surface area contributed by atoms with E-state index in [9.17, 15) is 0 Å². The zero-order valence-corrected chi connectivity index (χ0v) is 16.0. The Morgan fingerprint density at radius 3 is 2.46 bits per heavy atom. The van der Waals surface area contributed by atoms with Crippen molar-refractivity contribution in [2.45, 2.75) is 24.4 Å². The van der Waals surface area contributed by atoms with E-state index in [0.29, 0.717) is 0 Å². The maximum Gasteiger partial charge on any atom is 0.191 e. The van der Waals surface area contributed by atoms with Crippen molar-refractivity contribution in [3.8, 4) is 11.4 Å². The van der Waals surface area contributed by atoms with E-state index in [1.54, 1.807) is 11.8 Å². The van der Waals surface area contributed by atoms with E-state index in [1.165, 1.54) is 16.3 Å². The van der Waals surface area contributed by atoms with Crippen LogP contribution in [0.4, 0.5) is 0 Å². The number of aromatic nitrogens is 3. The predicted molar refractivity (Wildman–Crippen MR) is 110 cm³/mol. The van der Waals surface area contributed by atoms with Crippen molar-refractivity contribution in [2.75, 3.05) is 0 Å². The van der Waals surface area contributed by atoms with Gasteiger partial charge in [0, 0.05) is 22.9 Å². The molecule has 4 aromatic rings. The monoisotopic (exact) mass is 379 g/mol. The van der Waals surface area contributed by atoms with Gasteiger partial charge >= 0.3 is 0 Å². The van der Waals surface area contributed by atoms with Gasteiger partial charge in [-0.05, 0) is 47.5 Å². The highest BCUT2D eigenvalue weighted by molar-refractivity contribution is 7.98. The minimum absolute atomic E-state index is 0.724. The largest absolute Gasteiger partial charge is 0.302 e. The zero-order valence-electron chi connectivity index (χ0n) is 14.4. The summed E-state index contributed by atoms with van der Waals surface area (Å²) >= 11 is 7.71. The van der Waals surface area contributed by atoms with Crippen LogP contribution in [0.5, 0.6) is 0 Å². The molecule has 1 aromatic heterocycles. The van der Waals surface area contributed by atoms with Crippen LogP contribution in [-0.4, -0.2) is 14.8 Å². The zero-order chi connectivity index (χ0) is 17.9. The number of hydrogen-bond donors (Lipinski definition) is 0. The van der Waals surface area contributed by atoms with Crippen LogP contribution in [0.2, 0.25) is 5.02 Å². The third-order valence-corrected chi connectivity index (χ3v) is 5.61. The van der Waals surface area contributed by atoms with Crippen LogP contribution in [0.1, 0.15) is 12.5 Å². The van der Waals surface area contributed by atoms with E-state index in [4.69, 9.17) is 11.6 Å². The van der Waals surface area contributed by atoms with Gasteiger partial charge in [0.1, 0.15) is 0 Å². The Morgan fingerprint density at radius 1 is 0.923 bits per heavy atom. The third-order valence-electron chi connectivity index (χ3n) is 4.32. The average molecular weight is 380 g/mol. The normalized spacial score (nSPS) is 11.2. The van der Waals surface area contributed by atoms with Crippen molar-refractivity contribution in [2.24, 2.45) is 0 Å². The molecule has 0 unspecified atom stereocenters. The van der Waals surface area contributed by atoms with Gasteiger partial charge in [-0.15, -0.1) is 10.2 Å². The lowest BCUT2D eigenvalue weighted by Crippen LogP contribution is -1.99. The fourth-order valence-electron chi connectivity index (χ4n) is 2.97. The predicted octanol–water partition coefficient (Wildman–Crippen LogP) is 6.06. The van der Waals surface area contributed by atoms with Gasteiger partial charge in [-0.3, -0.25) is 0 Å². The number of fused-ring (bicyclic) bond motifs is 1. The summed E-state index contributed by atoms with van der Waals surface area (Å²) in [5, 5.41) is 13.0. The molecule has 0 radical (unpaired) electrons. The van der Waals surface area contributed by atoms with Gasteiger partial charge in [-0.1, -0.05) is 65.8 Å². The second kappa shape index (κ2) is 7.52. The lowest BCUT2D eigenvalue weighted by atomic mass is 10.1. The molecule has 0 bridgehead atoms. The molecule has 4 rings (SSSR count). The SMILES string of the molecule is CCn1c(SCc2ccc3ccccc3c2)nnc1-c1ccc(Cl)cc1. The van der Waals surface area contributed by atoms with Crippen molar-refractivity contribution in [3.05, 3.63) is 77.3 Å². The molecular formula is C21H18ClN3S. The fourth-order valence-corrected chi connectivity index (χ4v) is 4.04. The van der Waals surface area contributed by atoms with Gasteiger partial charge in [-0.2, -0.15) is 0 Å². The molecule has 0 aliphatic heterocycles. The molecule has 0 spiro atoms. The summed E-state index contributed by atoms with van der Waals surface area (Å²) in [6, 6.07) is 22.8. The van der Waals surface area contributed by atoms with Crippen molar-refractivity contribution >= 4 is 34.1 Å². The van der Waals surface area contributed by atoms with Crippen molar-refractivity contribution in [1.29, 1.82) is 0 Å². The lowest BCUT2D eigenvalue weighted by Gasteiger charge is -2.08. The number of benzene rings is 3. The van der Waals surface area contributed by atoms with E-state index in [1.807, 2.05) is 24.3 Å². The summed E-state index contributed by atoms with van der Waals surface area (Å²) in [5.74, 6) is 1.74. The molecular weight excluding hydrogens is 362 g/mol. The van der Waals surface area contributed by atoms with E-state index >= 15 is 0 Å². The van der Waals surface area contributed by atoms with E-state index in [0.717, 1.165) is 33.9 Å². The number of thioether (sulfide) groups is 1. The number of rotatable bonds is 5. The van der Waals surface area contributed by atoms with Gasteiger partial charge in [0.2, 0.25) is 0 Å². The fraction of sp³-hybridized carbons (Fsp3) is 0.143. The molecule has 0 aliphatic rings. The van der Waals surface area contributed by atoms with Crippen molar-refractivity contribution < 1.29 is 0 Å². The van der Waals surface area contributed by atoms with E-state index in [-0.39, 0.29) is 0 Å². The molecule has 3 nitrogen and oxygen atoms in total. The van der Waals surface area contributed by atoms with Crippen LogP contribution < -0.4 is 0 Å². The second-order valence-corrected chi connectivity index (χ2v) is 7.41. The Kier molecular flexibility index (Phi) is 4.96. The van der Waals surface area contributed by atoms with Gasteiger partial charge in [0.05, 0.1) is 0 Å². The Bertz CT molecular complexity index is 1040. The summed E-state index contributed by atoms with van der Waals surface area (Å²) < 4.78 is 2.15. The van der Waals surface area contributed by atoms with Crippen LogP contribution in [-0.2, 0) is 12.3 Å². The number of hydrogen-bond acceptors (Lipinski definition) is 3. The van der Waals surface area contributed by atoms with Crippen LogP contribution in [0.15, 0.2) is 71.9 Å². The van der Waals surface area contributed by atoms with Crippen molar-refractivity contribution in [3.63, 3.8) is 0 Å². The molecule has 0 N–H and O–H groups in total. The first kappa shape index (κ1) is 17.1. The number of nitrogens with zero attached hydrogens (tertiary/aromatic N) is 3. The highest BCUT2D eigenvalue weighted by Gasteiger charge is 2.13. The molecule has 130 valence electrons. The molecule has 0 saturated carbocycles. The van der Waals surface area contributed by atoms with Gasteiger partial charge < -0.3 is 4.57 Å². The Hall–Kier alpha value is -2.30. The molecule has 26 heavy (non-hydrogen) atoms. The quantitative estimate of drug-likeness (QED) is 0.394. The van der Waals surface area contributed by atoms with Crippen LogP contribution >= 0.6 is 23.4 Å². The Balaban J connectivity index is 1.57. The molecule has 3 aromatic carbocycles. The maximum absolute atomic E-state index is 5.99. The van der Waals surface area contributed by atoms with Crippen LogP contribution in [0, 0.1) is 0 Å². The molecule has 0 amide bonds. The lowest BCUT2D eigenvalue weighted by molar-refractivity contribution is 0.687. The van der Waals surface area contributed by atoms with Crippen LogP contribution in [0.25, 0.3) is 22.2 Å². The average Bonchev–Trinajstić information content (AvgIpc) is 3.09. The minimum atomic E-state index is 0.724. The van der Waals surface area contributed by atoms with Crippen LogP contribution in [0.3, 0.4) is 0 Å². The summed E-state index contributed by atoms with van der Waals surface area (Å²) in [7, 11) is 0. The molecule has 0 fully saturated rings. The Morgan fingerprint density at radius 2 is 1.69 bits per heavy atom. The highest BCUT2D eigenvalue weighted by atomic mass is 35.5. The van der Waals surface area contributed by atoms with Gasteiger partial charge in [0.15, 0.2) is 11.0 Å². The minimum Gasteiger partial charge on any atom is -0.302 e. The standard InChI is InChI=1S/C21H18ClN3S/c1-2-25-20(17-9-11-19(22)12-10-17)23-24-21(25)26-14-15-7-8-16-5-3-4-6-18(16)13-15/h3-13H,2,14H2,1H3. The molecule has 1 heterocycles. The molecule has 0 saturated heterocycles. The highest BCUT2D eigenvalue weighted by Crippen LogP contribution is 2.28. The topological polar surface area (TPSA) is 30.7 Å². The van der Waals surface area contributed by atoms with E-state index < -0.39 is 0 Å². The number of halogens is 1. The maximum atomic E-state index is 5.99. The van der Waals surface area contributed by atoms with Gasteiger partial charge in [0.25, 0.3) is 0 Å². The molecule has 5 heteroatoms. The smallest absolute Gasteiger partial charge is 0.191 e. The van der Waals surface area contributed by atoms with E-state index in [2.05, 4.69) is 64.2 Å².